The van der Waals surface area contributed by atoms with Gasteiger partial charge in [0.25, 0.3) is 0 Å². The lowest BCUT2D eigenvalue weighted by molar-refractivity contribution is 0.661. The normalized spacial score (nSPS) is 12.4. The fourth-order valence-electron chi connectivity index (χ4n) is 12.9. The van der Waals surface area contributed by atoms with Gasteiger partial charge in [-0.15, -0.1) is 0 Å². The monoisotopic (exact) mass is 1160 g/mol. The van der Waals surface area contributed by atoms with E-state index in [-0.39, 0.29) is 5.41 Å². The topological polar surface area (TPSA) is 134 Å². The summed E-state index contributed by atoms with van der Waals surface area (Å²) >= 11 is 0. The summed E-state index contributed by atoms with van der Waals surface area (Å²) in [5, 5.41) is 5.48. The second kappa shape index (κ2) is 21.1. The second-order valence-electron chi connectivity index (χ2n) is 23.1. The van der Waals surface area contributed by atoms with Crippen LogP contribution in [0.2, 0.25) is 0 Å². The van der Waals surface area contributed by atoms with Crippen molar-refractivity contribution >= 4 is 65.8 Å². The lowest BCUT2D eigenvalue weighted by atomic mass is 9.82. The number of hydrogen-bond donors (Lipinski definition) is 0. The number of furan rings is 2. The van der Waals surface area contributed by atoms with Gasteiger partial charge in [-0.1, -0.05) is 214 Å². The van der Waals surface area contributed by atoms with Crippen LogP contribution in [0.3, 0.4) is 0 Å². The van der Waals surface area contributed by atoms with Gasteiger partial charge in [-0.2, -0.15) is 0 Å². The zero-order valence-corrected chi connectivity index (χ0v) is 48.8. The maximum atomic E-state index is 6.43. The van der Waals surface area contributed by atoms with Crippen molar-refractivity contribution in [2.24, 2.45) is 0 Å². The third kappa shape index (κ3) is 8.89. The van der Waals surface area contributed by atoms with Gasteiger partial charge in [0.05, 0.1) is 11.0 Å². The molecule has 0 saturated heterocycles. The summed E-state index contributed by atoms with van der Waals surface area (Å²) in [6, 6.07) is 91.2. The average Bonchev–Trinajstić information content (AvgIpc) is 1.56. The number of para-hydroxylation sites is 2. The minimum Gasteiger partial charge on any atom is -0.456 e. The molecule has 1 aliphatic carbocycles. The SMILES string of the molecule is CC1(C)c2ccccc2-c2cc3c4ccccc4n(-c4cccc(-c5nc(-c6ccccc6)nc(-c6ccccc6)n5)c4)c3cc21.c1ccc(-c2nc(-c3ccccc3)nc(-c3ccc4c(c3)oc3cc(-c5ncnc6c5oc5ccccc56)ccc34)n2)cc1. The van der Waals surface area contributed by atoms with Crippen LogP contribution in [0.25, 0.3) is 162 Å². The van der Waals surface area contributed by atoms with E-state index >= 15 is 0 Å². The van der Waals surface area contributed by atoms with Crippen molar-refractivity contribution < 1.29 is 8.83 Å². The quantitative estimate of drug-likeness (QED) is 0.145. The smallest absolute Gasteiger partial charge is 0.180 e. The van der Waals surface area contributed by atoms with Crippen LogP contribution in [-0.2, 0) is 5.41 Å². The number of rotatable bonds is 8. The second-order valence-corrected chi connectivity index (χ2v) is 23.1. The maximum absolute atomic E-state index is 6.43. The Kier molecular flexibility index (Phi) is 12.3. The molecule has 424 valence electrons. The first-order valence-electron chi connectivity index (χ1n) is 30.0. The minimum atomic E-state index is -0.0875. The van der Waals surface area contributed by atoms with Crippen molar-refractivity contribution in [2.75, 3.05) is 0 Å². The molecule has 11 heteroatoms. The van der Waals surface area contributed by atoms with Gasteiger partial charge in [0.1, 0.15) is 34.3 Å². The van der Waals surface area contributed by atoms with Crippen molar-refractivity contribution in [3.63, 3.8) is 0 Å². The lowest BCUT2D eigenvalue weighted by Gasteiger charge is -2.21. The van der Waals surface area contributed by atoms with E-state index < -0.39 is 0 Å². The van der Waals surface area contributed by atoms with E-state index in [1.54, 1.807) is 6.33 Å². The van der Waals surface area contributed by atoms with E-state index in [0.717, 1.165) is 88.7 Å². The summed E-state index contributed by atoms with van der Waals surface area (Å²) in [6.45, 7) is 4.68. The zero-order chi connectivity index (χ0) is 59.9. The molecule has 11 aromatic carbocycles. The average molecular weight is 1160 g/mol. The van der Waals surface area contributed by atoms with Gasteiger partial charge in [-0.25, -0.2) is 39.9 Å². The molecule has 1 aliphatic rings. The van der Waals surface area contributed by atoms with Gasteiger partial charge in [0.15, 0.2) is 40.5 Å². The maximum Gasteiger partial charge on any atom is 0.180 e. The predicted molar refractivity (Wildman–Crippen MR) is 360 cm³/mol. The molecule has 0 N–H and O–H groups in total. The molecule has 11 nitrogen and oxygen atoms in total. The summed E-state index contributed by atoms with van der Waals surface area (Å²) in [5.41, 5.74) is 19.7. The predicted octanol–water partition coefficient (Wildman–Crippen LogP) is 19.4. The third-order valence-corrected chi connectivity index (χ3v) is 17.3. The summed E-state index contributed by atoms with van der Waals surface area (Å²) < 4.78 is 15.0. The Morgan fingerprint density at radius 3 is 1.41 bits per heavy atom. The molecular formula is C79H51N9O2. The van der Waals surface area contributed by atoms with E-state index in [2.05, 4.69) is 125 Å². The largest absolute Gasteiger partial charge is 0.456 e. The van der Waals surface area contributed by atoms with E-state index in [1.807, 2.05) is 170 Å². The Hall–Kier alpha value is -12.1. The summed E-state index contributed by atoms with van der Waals surface area (Å²) in [7, 11) is 0. The van der Waals surface area contributed by atoms with E-state index in [1.165, 1.54) is 44.1 Å². The molecule has 0 aliphatic heterocycles. The molecule has 17 aromatic rings. The van der Waals surface area contributed by atoms with Crippen LogP contribution in [0.5, 0.6) is 0 Å². The minimum absolute atomic E-state index is 0.0875. The first-order chi connectivity index (χ1) is 44.3. The van der Waals surface area contributed by atoms with Crippen molar-refractivity contribution in [3.05, 3.63) is 284 Å². The molecular weight excluding hydrogens is 1110 g/mol. The molecule has 0 saturated carbocycles. The van der Waals surface area contributed by atoms with Crippen LogP contribution in [0, 0.1) is 0 Å². The molecule has 0 atom stereocenters. The fourth-order valence-corrected chi connectivity index (χ4v) is 12.9. The van der Waals surface area contributed by atoms with Crippen LogP contribution in [-0.4, -0.2) is 44.4 Å². The van der Waals surface area contributed by atoms with Crippen molar-refractivity contribution in [1.29, 1.82) is 0 Å². The number of nitrogens with zero attached hydrogens (tertiary/aromatic N) is 9. The molecule has 0 fully saturated rings. The molecule has 0 bridgehead atoms. The van der Waals surface area contributed by atoms with Crippen LogP contribution in [0.4, 0.5) is 0 Å². The lowest BCUT2D eigenvalue weighted by Crippen LogP contribution is -2.14. The highest BCUT2D eigenvalue weighted by molar-refractivity contribution is 6.12. The third-order valence-electron chi connectivity index (χ3n) is 17.3. The standard InChI is InChI=1S/C42H30N4.C37H21N5O2/c1-42(2)35-22-11-9-20-31(35)33-25-34-32-21-10-12-23-37(32)46(38(34)26-36(33)42)30-19-13-18-29(24-30)41-44-39(27-14-5-3-6-15-27)43-40(45-41)28-16-7-4-8-17-28;1-3-9-22(10-4-1)35-40-36(23-11-5-2-6-12-23)42-37(41-35)25-16-18-27-26-17-15-24(19-30(26)43-31(27)20-25)32-34-33(39-21-38-32)28-13-7-8-14-29(28)44-34/h3-26H,1-2H3;1-21H. The van der Waals surface area contributed by atoms with E-state index in [4.69, 9.17) is 38.7 Å². The summed E-state index contributed by atoms with van der Waals surface area (Å²) in [6.07, 6.45) is 1.58. The zero-order valence-electron chi connectivity index (χ0n) is 48.8. The van der Waals surface area contributed by atoms with Crippen molar-refractivity contribution in [1.82, 2.24) is 44.4 Å². The Morgan fingerprint density at radius 2 is 0.800 bits per heavy atom. The highest BCUT2D eigenvalue weighted by Gasteiger charge is 2.36. The molecule has 0 spiro atoms. The van der Waals surface area contributed by atoms with Crippen LogP contribution in [0.1, 0.15) is 25.0 Å². The molecule has 6 heterocycles. The number of hydrogen-bond acceptors (Lipinski definition) is 10. The molecule has 90 heavy (non-hydrogen) atoms. The number of fused-ring (bicyclic) bond motifs is 12. The molecule has 0 radical (unpaired) electrons. The van der Waals surface area contributed by atoms with Gasteiger partial charge in [-0.3, -0.25) is 0 Å². The number of benzene rings is 11. The van der Waals surface area contributed by atoms with Crippen molar-refractivity contribution in [3.8, 4) is 96.4 Å². The first-order valence-corrected chi connectivity index (χ1v) is 30.0. The van der Waals surface area contributed by atoms with Crippen LogP contribution in [0.15, 0.2) is 282 Å². The van der Waals surface area contributed by atoms with Gasteiger partial charge < -0.3 is 13.4 Å². The molecule has 0 unspecified atom stereocenters. The van der Waals surface area contributed by atoms with E-state index in [0.29, 0.717) is 40.5 Å². The Balaban J connectivity index is 0.000000139. The fraction of sp³-hybridized carbons (Fsp3) is 0.0380. The number of aromatic nitrogens is 9. The summed E-state index contributed by atoms with van der Waals surface area (Å²) in [4.78, 5) is 38.5. The highest BCUT2D eigenvalue weighted by Crippen LogP contribution is 2.51. The molecule has 18 rings (SSSR count). The highest BCUT2D eigenvalue weighted by atomic mass is 16.3. The molecule has 6 aromatic heterocycles. The van der Waals surface area contributed by atoms with E-state index in [9.17, 15) is 0 Å². The van der Waals surface area contributed by atoms with Gasteiger partial charge in [0, 0.05) is 77.0 Å². The molecule has 0 amide bonds. The summed E-state index contributed by atoms with van der Waals surface area (Å²) in [5.74, 6) is 3.77. The van der Waals surface area contributed by atoms with Crippen molar-refractivity contribution in [2.45, 2.75) is 19.3 Å². The van der Waals surface area contributed by atoms with Gasteiger partial charge >= 0.3 is 0 Å². The Labute approximate surface area is 516 Å². The van der Waals surface area contributed by atoms with Gasteiger partial charge in [0.2, 0.25) is 0 Å². The Morgan fingerprint density at radius 1 is 0.311 bits per heavy atom. The van der Waals surface area contributed by atoms with Crippen LogP contribution >= 0.6 is 0 Å². The van der Waals surface area contributed by atoms with Gasteiger partial charge in [-0.05, 0) is 89.0 Å². The van der Waals surface area contributed by atoms with Crippen LogP contribution < -0.4 is 0 Å². The Bertz CT molecular complexity index is 5530. The first kappa shape index (κ1) is 52.3.